The number of nitrogens with one attached hydrogen (secondary N) is 3. The lowest BCUT2D eigenvalue weighted by Gasteiger charge is -2.33. The first kappa shape index (κ1) is 14.0. The molecule has 1 aromatic heterocycles. The minimum atomic E-state index is -0.0662. The van der Waals surface area contributed by atoms with Crippen molar-refractivity contribution in [3.63, 3.8) is 0 Å². The van der Waals surface area contributed by atoms with Crippen LogP contribution in [-0.4, -0.2) is 41.0 Å². The molecule has 0 saturated carbocycles. The van der Waals surface area contributed by atoms with Gasteiger partial charge in [0.05, 0.1) is 36.5 Å². The number of imidazole rings is 1. The largest absolute Gasteiger partial charge is 0.349 e. The van der Waals surface area contributed by atoms with Gasteiger partial charge < -0.3 is 15.2 Å². The summed E-state index contributed by atoms with van der Waals surface area (Å²) in [4.78, 5) is 21.6. The predicted octanol–water partition coefficient (Wildman–Crippen LogP) is 1.15. The maximum atomic E-state index is 12.7. The SMILES string of the molecule is C[NH+]1[C@@H]2CC[C@H]1CC(NC(=O)c1cc(Cl)cc3[nH]cnc13)C2. The van der Waals surface area contributed by atoms with E-state index in [-0.39, 0.29) is 11.9 Å². The van der Waals surface area contributed by atoms with E-state index in [1.807, 2.05) is 0 Å². The first-order valence-electron chi connectivity index (χ1n) is 7.88. The molecule has 2 aliphatic heterocycles. The molecule has 1 aromatic carbocycles. The molecule has 3 heterocycles. The highest BCUT2D eigenvalue weighted by Crippen LogP contribution is 2.24. The number of piperidine rings is 1. The first-order valence-corrected chi connectivity index (χ1v) is 8.26. The molecule has 2 fully saturated rings. The summed E-state index contributed by atoms with van der Waals surface area (Å²) in [6.07, 6.45) is 6.29. The zero-order chi connectivity index (χ0) is 15.3. The Morgan fingerprint density at radius 3 is 2.82 bits per heavy atom. The molecular formula is C16H20ClN4O+. The zero-order valence-electron chi connectivity index (χ0n) is 12.5. The van der Waals surface area contributed by atoms with Crippen molar-refractivity contribution in [1.29, 1.82) is 0 Å². The summed E-state index contributed by atoms with van der Waals surface area (Å²) >= 11 is 6.11. The van der Waals surface area contributed by atoms with E-state index in [1.54, 1.807) is 23.4 Å². The Morgan fingerprint density at radius 1 is 1.36 bits per heavy atom. The molecule has 2 aliphatic rings. The molecule has 4 rings (SSSR count). The Hall–Kier alpha value is -1.59. The fourth-order valence-corrected chi connectivity index (χ4v) is 4.37. The average molecular weight is 320 g/mol. The smallest absolute Gasteiger partial charge is 0.253 e. The summed E-state index contributed by atoms with van der Waals surface area (Å²) < 4.78 is 0. The quantitative estimate of drug-likeness (QED) is 0.778. The fourth-order valence-electron chi connectivity index (χ4n) is 4.15. The van der Waals surface area contributed by atoms with Gasteiger partial charge in [-0.2, -0.15) is 0 Å². The second-order valence-electron chi connectivity index (χ2n) is 6.61. The molecule has 3 N–H and O–H groups in total. The summed E-state index contributed by atoms with van der Waals surface area (Å²) in [6, 6.07) is 5.14. The highest BCUT2D eigenvalue weighted by Gasteiger charge is 2.42. The highest BCUT2D eigenvalue weighted by atomic mass is 35.5. The zero-order valence-corrected chi connectivity index (χ0v) is 13.3. The minimum Gasteiger partial charge on any atom is -0.349 e. The van der Waals surface area contributed by atoms with E-state index in [0.29, 0.717) is 28.2 Å². The minimum absolute atomic E-state index is 0.0662. The van der Waals surface area contributed by atoms with Crippen molar-refractivity contribution in [1.82, 2.24) is 15.3 Å². The summed E-state index contributed by atoms with van der Waals surface area (Å²) in [5, 5.41) is 3.75. The van der Waals surface area contributed by atoms with Gasteiger partial charge in [0.2, 0.25) is 0 Å². The standard InChI is InChI=1S/C16H19ClN4O/c1-21-11-2-3-12(21)7-10(6-11)20-16(22)13-4-9(17)5-14-15(13)19-8-18-14/h4-5,8,10-12H,2-3,6-7H2,1H3,(H,18,19)(H,20,22)/p+1/t10?,11-,12+. The monoisotopic (exact) mass is 319 g/mol. The molecule has 5 nitrogen and oxygen atoms in total. The molecule has 2 saturated heterocycles. The van der Waals surface area contributed by atoms with Crippen LogP contribution in [0.3, 0.4) is 0 Å². The lowest BCUT2D eigenvalue weighted by Crippen LogP contribution is -3.15. The number of hydrogen-bond donors (Lipinski definition) is 3. The predicted molar refractivity (Wildman–Crippen MR) is 85.3 cm³/mol. The lowest BCUT2D eigenvalue weighted by atomic mass is 9.97. The molecule has 2 bridgehead atoms. The van der Waals surface area contributed by atoms with E-state index in [2.05, 4.69) is 22.3 Å². The van der Waals surface area contributed by atoms with Crippen LogP contribution < -0.4 is 10.2 Å². The number of carbonyl (C=O) groups is 1. The van der Waals surface area contributed by atoms with E-state index in [9.17, 15) is 4.79 Å². The molecule has 0 radical (unpaired) electrons. The number of rotatable bonds is 2. The van der Waals surface area contributed by atoms with Crippen LogP contribution in [0.5, 0.6) is 0 Å². The summed E-state index contributed by atoms with van der Waals surface area (Å²) in [7, 11) is 2.28. The van der Waals surface area contributed by atoms with E-state index in [4.69, 9.17) is 11.6 Å². The molecule has 0 aliphatic carbocycles. The van der Waals surface area contributed by atoms with Crippen LogP contribution >= 0.6 is 11.6 Å². The Kier molecular flexibility index (Phi) is 3.35. The van der Waals surface area contributed by atoms with Gasteiger partial charge in [0.15, 0.2) is 0 Å². The van der Waals surface area contributed by atoms with Crippen molar-refractivity contribution in [2.24, 2.45) is 0 Å². The Labute approximate surface area is 134 Å². The van der Waals surface area contributed by atoms with Gasteiger partial charge >= 0.3 is 0 Å². The molecule has 2 unspecified atom stereocenters. The number of amides is 1. The van der Waals surface area contributed by atoms with Gasteiger partial charge in [-0.25, -0.2) is 4.98 Å². The van der Waals surface area contributed by atoms with Crippen LogP contribution in [0.15, 0.2) is 18.5 Å². The molecule has 22 heavy (non-hydrogen) atoms. The van der Waals surface area contributed by atoms with Crippen LogP contribution in [0, 0.1) is 0 Å². The summed E-state index contributed by atoms with van der Waals surface area (Å²) in [5.41, 5.74) is 2.04. The number of nitrogens with zero attached hydrogens (tertiary/aromatic N) is 1. The number of quaternary nitrogens is 1. The van der Waals surface area contributed by atoms with Gasteiger partial charge in [-0.3, -0.25) is 4.79 Å². The molecule has 4 atom stereocenters. The maximum absolute atomic E-state index is 12.7. The number of benzene rings is 1. The van der Waals surface area contributed by atoms with Gasteiger partial charge in [-0.15, -0.1) is 0 Å². The fraction of sp³-hybridized carbons (Fsp3) is 0.500. The summed E-state index contributed by atoms with van der Waals surface area (Å²) in [5.74, 6) is -0.0662. The first-order chi connectivity index (χ1) is 10.6. The Morgan fingerprint density at radius 2 is 2.09 bits per heavy atom. The van der Waals surface area contributed by atoms with Gasteiger partial charge in [0.1, 0.15) is 5.52 Å². The van der Waals surface area contributed by atoms with Crippen LogP contribution in [-0.2, 0) is 0 Å². The number of aromatic amines is 1. The van der Waals surface area contributed by atoms with E-state index in [1.165, 1.54) is 12.8 Å². The third-order valence-corrected chi connectivity index (χ3v) is 5.58. The third-order valence-electron chi connectivity index (χ3n) is 5.36. The number of aromatic nitrogens is 2. The van der Waals surface area contributed by atoms with Gasteiger partial charge in [-0.1, -0.05) is 11.6 Å². The van der Waals surface area contributed by atoms with E-state index in [0.717, 1.165) is 18.4 Å². The second kappa shape index (κ2) is 5.25. The molecule has 6 heteroatoms. The van der Waals surface area contributed by atoms with E-state index < -0.39 is 0 Å². The van der Waals surface area contributed by atoms with Crippen LogP contribution in [0.25, 0.3) is 11.0 Å². The Balaban J connectivity index is 1.56. The lowest BCUT2D eigenvalue weighted by molar-refractivity contribution is -0.922. The van der Waals surface area contributed by atoms with Crippen molar-refractivity contribution in [2.75, 3.05) is 7.05 Å². The maximum Gasteiger partial charge on any atom is 0.253 e. The van der Waals surface area contributed by atoms with Crippen LogP contribution in [0.2, 0.25) is 5.02 Å². The van der Waals surface area contributed by atoms with Crippen molar-refractivity contribution in [2.45, 2.75) is 43.8 Å². The molecule has 0 spiro atoms. The molecular weight excluding hydrogens is 300 g/mol. The highest BCUT2D eigenvalue weighted by molar-refractivity contribution is 6.32. The number of carbonyl (C=O) groups excluding carboxylic acids is 1. The van der Waals surface area contributed by atoms with Crippen LogP contribution in [0.1, 0.15) is 36.0 Å². The van der Waals surface area contributed by atoms with Gasteiger partial charge in [0, 0.05) is 36.7 Å². The van der Waals surface area contributed by atoms with Crippen molar-refractivity contribution in [3.05, 3.63) is 29.0 Å². The number of halogens is 1. The van der Waals surface area contributed by atoms with Crippen molar-refractivity contribution >= 4 is 28.5 Å². The van der Waals surface area contributed by atoms with E-state index >= 15 is 0 Å². The van der Waals surface area contributed by atoms with Gasteiger partial charge in [0.25, 0.3) is 5.91 Å². The molecule has 2 aromatic rings. The average Bonchev–Trinajstić information content (AvgIpc) is 3.00. The number of fused-ring (bicyclic) bond motifs is 3. The topological polar surface area (TPSA) is 62.2 Å². The third kappa shape index (κ3) is 2.29. The van der Waals surface area contributed by atoms with Gasteiger partial charge in [-0.05, 0) is 12.1 Å². The normalized spacial score (nSPS) is 30.6. The van der Waals surface area contributed by atoms with Crippen molar-refractivity contribution < 1.29 is 9.69 Å². The van der Waals surface area contributed by atoms with Crippen molar-refractivity contribution in [3.8, 4) is 0 Å². The second-order valence-corrected chi connectivity index (χ2v) is 7.05. The summed E-state index contributed by atoms with van der Waals surface area (Å²) in [6.45, 7) is 0. The molecule has 1 amide bonds. The van der Waals surface area contributed by atoms with Crippen LogP contribution in [0.4, 0.5) is 0 Å². The Bertz CT molecular complexity index is 714. The molecule has 116 valence electrons. The number of hydrogen-bond acceptors (Lipinski definition) is 2. The number of H-pyrrole nitrogens is 1.